The monoisotopic (exact) mass is 319 g/mol. The number of pyridine rings is 2. The molecule has 1 fully saturated rings. The molecule has 0 saturated carbocycles. The molecule has 4 rings (SSSR count). The number of piperazine rings is 1. The molecule has 1 aliphatic rings. The van der Waals surface area contributed by atoms with E-state index < -0.39 is 0 Å². The third-order valence-electron chi connectivity index (χ3n) is 4.67. The van der Waals surface area contributed by atoms with Gasteiger partial charge in [0.2, 0.25) is 0 Å². The molecule has 1 aliphatic heterocycles. The number of nitrogens with zero attached hydrogens (tertiary/aromatic N) is 4. The molecule has 0 unspecified atom stereocenters. The van der Waals surface area contributed by atoms with E-state index >= 15 is 0 Å². The normalized spacial score (nSPS) is 15.8. The molecule has 24 heavy (non-hydrogen) atoms. The van der Waals surface area contributed by atoms with Crippen molar-refractivity contribution in [3.63, 3.8) is 0 Å². The molecule has 0 atom stereocenters. The van der Waals surface area contributed by atoms with Gasteiger partial charge in [-0.05, 0) is 18.7 Å². The molecule has 1 saturated heterocycles. The van der Waals surface area contributed by atoms with E-state index in [0.717, 1.165) is 59.7 Å². The van der Waals surface area contributed by atoms with Crippen LogP contribution in [-0.4, -0.2) is 48.1 Å². The number of fused-ring (bicyclic) bond motifs is 1. The molecular formula is C19H21N5. The molecule has 3 aromatic rings. The minimum absolute atomic E-state index is 0.780. The van der Waals surface area contributed by atoms with Gasteiger partial charge in [0, 0.05) is 43.3 Å². The number of nitrogens with two attached hydrogens (primary N) is 1. The molecular weight excluding hydrogens is 298 g/mol. The van der Waals surface area contributed by atoms with E-state index in [2.05, 4.69) is 34.0 Å². The first-order chi connectivity index (χ1) is 11.7. The molecule has 3 heterocycles. The smallest absolute Gasteiger partial charge is 0.139 e. The zero-order chi connectivity index (χ0) is 16.5. The maximum absolute atomic E-state index is 6.58. The summed E-state index contributed by atoms with van der Waals surface area (Å²) < 4.78 is 0. The second-order valence-electron chi connectivity index (χ2n) is 6.27. The maximum Gasteiger partial charge on any atom is 0.139 e. The summed E-state index contributed by atoms with van der Waals surface area (Å²) >= 11 is 0. The number of hydrogen-bond acceptors (Lipinski definition) is 5. The fourth-order valence-corrected chi connectivity index (χ4v) is 3.26. The van der Waals surface area contributed by atoms with Crippen molar-refractivity contribution in [1.82, 2.24) is 14.9 Å². The van der Waals surface area contributed by atoms with Gasteiger partial charge in [-0.3, -0.25) is 4.98 Å². The van der Waals surface area contributed by atoms with Crippen molar-refractivity contribution in [3.8, 4) is 11.1 Å². The van der Waals surface area contributed by atoms with E-state index in [1.54, 1.807) is 12.4 Å². The molecule has 1 aromatic carbocycles. The van der Waals surface area contributed by atoms with Gasteiger partial charge in [0.25, 0.3) is 0 Å². The minimum Gasteiger partial charge on any atom is -0.398 e. The van der Waals surface area contributed by atoms with Crippen molar-refractivity contribution < 1.29 is 0 Å². The number of hydrogen-bond donors (Lipinski definition) is 1. The van der Waals surface area contributed by atoms with Crippen LogP contribution in [0.4, 0.5) is 11.5 Å². The first kappa shape index (κ1) is 14.9. The van der Waals surface area contributed by atoms with E-state index in [-0.39, 0.29) is 0 Å². The van der Waals surface area contributed by atoms with Gasteiger partial charge in [-0.15, -0.1) is 0 Å². The second kappa shape index (κ2) is 6.09. The predicted molar refractivity (Wildman–Crippen MR) is 99.1 cm³/mol. The lowest BCUT2D eigenvalue weighted by molar-refractivity contribution is 0.312. The Morgan fingerprint density at radius 1 is 1.00 bits per heavy atom. The number of nitrogen functional groups attached to an aromatic ring is 1. The van der Waals surface area contributed by atoms with Crippen LogP contribution in [0, 0.1) is 0 Å². The van der Waals surface area contributed by atoms with Crippen LogP contribution in [-0.2, 0) is 0 Å². The Morgan fingerprint density at radius 3 is 2.50 bits per heavy atom. The molecule has 5 heteroatoms. The summed E-state index contributed by atoms with van der Waals surface area (Å²) in [5.41, 5.74) is 10.3. The standard InChI is InChI=1S/C19H21N5/c1-23-9-11-24(12-10-23)19-17(14-5-3-2-4-6-14)18(20)15-7-8-21-13-16(15)22-19/h2-8,13H,9-12H2,1H3,(H2,20,22). The van der Waals surface area contributed by atoms with Crippen LogP contribution in [0.5, 0.6) is 0 Å². The summed E-state index contributed by atoms with van der Waals surface area (Å²) in [5.74, 6) is 0.965. The van der Waals surface area contributed by atoms with Crippen LogP contribution in [0.15, 0.2) is 48.8 Å². The Hall–Kier alpha value is -2.66. The molecule has 0 amide bonds. The Morgan fingerprint density at radius 2 is 1.75 bits per heavy atom. The van der Waals surface area contributed by atoms with E-state index in [1.165, 1.54) is 0 Å². The van der Waals surface area contributed by atoms with Gasteiger partial charge in [-0.2, -0.15) is 0 Å². The van der Waals surface area contributed by atoms with Gasteiger partial charge < -0.3 is 15.5 Å². The van der Waals surface area contributed by atoms with Crippen LogP contribution >= 0.6 is 0 Å². The summed E-state index contributed by atoms with van der Waals surface area (Å²) in [6.07, 6.45) is 3.56. The van der Waals surface area contributed by atoms with Gasteiger partial charge in [-0.25, -0.2) is 4.98 Å². The van der Waals surface area contributed by atoms with Crippen LogP contribution in [0.2, 0.25) is 0 Å². The minimum atomic E-state index is 0.780. The van der Waals surface area contributed by atoms with Crippen molar-refractivity contribution in [1.29, 1.82) is 0 Å². The Labute approximate surface area is 141 Å². The fourth-order valence-electron chi connectivity index (χ4n) is 3.26. The largest absolute Gasteiger partial charge is 0.398 e. The second-order valence-corrected chi connectivity index (χ2v) is 6.27. The number of anilines is 2. The molecule has 2 N–H and O–H groups in total. The average molecular weight is 319 g/mol. The molecule has 2 aromatic heterocycles. The fraction of sp³-hybridized carbons (Fsp3) is 0.263. The summed E-state index contributed by atoms with van der Waals surface area (Å²) in [7, 11) is 2.15. The third kappa shape index (κ3) is 2.57. The Bertz CT molecular complexity index is 854. The summed E-state index contributed by atoms with van der Waals surface area (Å²) in [6, 6.07) is 12.2. The molecule has 5 nitrogen and oxygen atoms in total. The molecule has 0 bridgehead atoms. The van der Waals surface area contributed by atoms with Gasteiger partial charge in [0.05, 0.1) is 17.4 Å². The third-order valence-corrected chi connectivity index (χ3v) is 4.67. The van der Waals surface area contributed by atoms with Gasteiger partial charge >= 0.3 is 0 Å². The lowest BCUT2D eigenvalue weighted by Crippen LogP contribution is -2.45. The van der Waals surface area contributed by atoms with E-state index in [1.807, 2.05) is 24.3 Å². The van der Waals surface area contributed by atoms with Crippen molar-refractivity contribution in [2.45, 2.75) is 0 Å². The Balaban J connectivity index is 1.93. The Kier molecular flexibility index (Phi) is 3.78. The zero-order valence-corrected chi connectivity index (χ0v) is 13.8. The van der Waals surface area contributed by atoms with Crippen LogP contribution in [0.3, 0.4) is 0 Å². The number of aromatic nitrogens is 2. The molecule has 0 radical (unpaired) electrons. The zero-order valence-electron chi connectivity index (χ0n) is 13.8. The number of benzene rings is 1. The number of likely N-dealkylation sites (N-methyl/N-ethyl adjacent to an activating group) is 1. The van der Waals surface area contributed by atoms with Crippen LogP contribution in [0.25, 0.3) is 22.0 Å². The van der Waals surface area contributed by atoms with Crippen molar-refractivity contribution in [3.05, 3.63) is 48.8 Å². The summed E-state index contributed by atoms with van der Waals surface area (Å²) in [5, 5.41) is 0.960. The molecule has 122 valence electrons. The van der Waals surface area contributed by atoms with Crippen molar-refractivity contribution in [2.75, 3.05) is 43.9 Å². The van der Waals surface area contributed by atoms with Crippen LogP contribution < -0.4 is 10.6 Å². The highest BCUT2D eigenvalue weighted by Gasteiger charge is 2.22. The predicted octanol–water partition coefficient (Wildman–Crippen LogP) is 2.63. The lowest BCUT2D eigenvalue weighted by atomic mass is 10.0. The van der Waals surface area contributed by atoms with Gasteiger partial charge in [0.15, 0.2) is 0 Å². The van der Waals surface area contributed by atoms with E-state index in [0.29, 0.717) is 0 Å². The van der Waals surface area contributed by atoms with E-state index in [9.17, 15) is 0 Å². The molecule has 0 aliphatic carbocycles. The highest BCUT2D eigenvalue weighted by atomic mass is 15.3. The average Bonchev–Trinajstić information content (AvgIpc) is 2.63. The first-order valence-corrected chi connectivity index (χ1v) is 8.26. The number of rotatable bonds is 2. The van der Waals surface area contributed by atoms with Gasteiger partial charge in [0.1, 0.15) is 5.82 Å². The van der Waals surface area contributed by atoms with Crippen molar-refractivity contribution >= 4 is 22.4 Å². The van der Waals surface area contributed by atoms with Crippen molar-refractivity contribution in [2.24, 2.45) is 0 Å². The van der Waals surface area contributed by atoms with E-state index in [4.69, 9.17) is 10.7 Å². The molecule has 0 spiro atoms. The SMILES string of the molecule is CN1CCN(c2nc3cnccc3c(N)c2-c2ccccc2)CC1. The summed E-state index contributed by atoms with van der Waals surface area (Å²) in [6.45, 7) is 3.96. The highest BCUT2D eigenvalue weighted by Crippen LogP contribution is 2.38. The maximum atomic E-state index is 6.58. The highest BCUT2D eigenvalue weighted by molar-refractivity contribution is 6.02. The lowest BCUT2D eigenvalue weighted by Gasteiger charge is -2.34. The quantitative estimate of drug-likeness (QED) is 0.787. The summed E-state index contributed by atoms with van der Waals surface area (Å²) in [4.78, 5) is 13.8. The topological polar surface area (TPSA) is 58.3 Å². The first-order valence-electron chi connectivity index (χ1n) is 8.26. The van der Waals surface area contributed by atoms with Gasteiger partial charge in [-0.1, -0.05) is 30.3 Å². The van der Waals surface area contributed by atoms with Crippen LogP contribution in [0.1, 0.15) is 0 Å².